The van der Waals surface area contributed by atoms with E-state index in [1.165, 1.54) is 0 Å². The summed E-state index contributed by atoms with van der Waals surface area (Å²) in [4.78, 5) is 46.3. The first kappa shape index (κ1) is 16.3. The van der Waals surface area contributed by atoms with Crippen molar-refractivity contribution in [2.24, 2.45) is 0 Å². The summed E-state index contributed by atoms with van der Waals surface area (Å²) >= 11 is 0. The molecule has 7 heteroatoms. The molecule has 26 heavy (non-hydrogen) atoms. The van der Waals surface area contributed by atoms with Crippen LogP contribution in [0.5, 0.6) is 0 Å². The van der Waals surface area contributed by atoms with Gasteiger partial charge in [-0.2, -0.15) is 0 Å². The molecule has 2 aliphatic rings. The summed E-state index contributed by atoms with van der Waals surface area (Å²) in [6.45, 7) is 2.33. The molecule has 3 amide bonds. The maximum atomic E-state index is 12.6. The Morgan fingerprint density at radius 1 is 0.885 bits per heavy atom. The molecule has 0 radical (unpaired) electrons. The number of amides is 3. The zero-order chi connectivity index (χ0) is 18.1. The molecule has 1 aromatic carbocycles. The maximum Gasteiger partial charge on any atom is 0.262 e. The number of nitrogens with zero attached hydrogens (tertiary/aromatic N) is 4. The monoisotopic (exact) mass is 350 g/mol. The van der Waals surface area contributed by atoms with E-state index in [1.807, 2.05) is 12.1 Å². The number of aromatic nitrogens is 1. The smallest absolute Gasteiger partial charge is 0.262 e. The highest BCUT2D eigenvalue weighted by Gasteiger charge is 2.37. The fraction of sp³-hybridized carbons (Fsp3) is 0.263. The quantitative estimate of drug-likeness (QED) is 0.773. The first-order valence-corrected chi connectivity index (χ1v) is 8.53. The molecule has 0 saturated carbocycles. The fourth-order valence-electron chi connectivity index (χ4n) is 3.39. The molecule has 7 nitrogen and oxygen atoms in total. The highest BCUT2D eigenvalue weighted by molar-refractivity contribution is 6.22. The van der Waals surface area contributed by atoms with Gasteiger partial charge in [-0.25, -0.2) is 0 Å². The molecule has 0 unspecified atom stereocenters. The van der Waals surface area contributed by atoms with Gasteiger partial charge in [0, 0.05) is 44.3 Å². The molecule has 4 rings (SSSR count). The molecule has 0 aliphatic carbocycles. The summed E-state index contributed by atoms with van der Waals surface area (Å²) < 4.78 is 0. The lowest BCUT2D eigenvalue weighted by molar-refractivity contribution is -0.131. The molecular formula is C19H18N4O3. The van der Waals surface area contributed by atoms with E-state index in [0.29, 0.717) is 37.3 Å². The van der Waals surface area contributed by atoms with Crippen molar-refractivity contribution in [2.75, 3.05) is 37.6 Å². The average molecular weight is 350 g/mol. The lowest BCUT2D eigenvalue weighted by Crippen LogP contribution is -2.51. The van der Waals surface area contributed by atoms with Gasteiger partial charge in [-0.3, -0.25) is 24.3 Å². The molecular weight excluding hydrogens is 332 g/mol. The summed E-state index contributed by atoms with van der Waals surface area (Å²) in [6.07, 6.45) is 3.49. The van der Waals surface area contributed by atoms with Crippen LogP contribution in [0.15, 0.2) is 48.8 Å². The van der Waals surface area contributed by atoms with Gasteiger partial charge in [0.25, 0.3) is 11.8 Å². The maximum absolute atomic E-state index is 12.6. The molecule has 132 valence electrons. The van der Waals surface area contributed by atoms with Gasteiger partial charge < -0.3 is 9.80 Å². The number of hydrogen-bond donors (Lipinski definition) is 0. The number of hydrogen-bond acceptors (Lipinski definition) is 5. The minimum absolute atomic E-state index is 0.200. The summed E-state index contributed by atoms with van der Waals surface area (Å²) in [7, 11) is 0. The van der Waals surface area contributed by atoms with E-state index in [1.54, 1.807) is 41.6 Å². The zero-order valence-electron chi connectivity index (χ0n) is 14.2. The van der Waals surface area contributed by atoms with Crippen molar-refractivity contribution in [3.8, 4) is 0 Å². The van der Waals surface area contributed by atoms with Crippen molar-refractivity contribution in [1.29, 1.82) is 0 Å². The number of benzene rings is 1. The van der Waals surface area contributed by atoms with Crippen LogP contribution < -0.4 is 4.90 Å². The van der Waals surface area contributed by atoms with Crippen LogP contribution in [0, 0.1) is 0 Å². The largest absolute Gasteiger partial charge is 0.368 e. The van der Waals surface area contributed by atoms with Crippen molar-refractivity contribution in [3.63, 3.8) is 0 Å². The lowest BCUT2D eigenvalue weighted by Gasteiger charge is -2.36. The predicted octanol–water partition coefficient (Wildman–Crippen LogP) is 1.03. The molecule has 0 spiro atoms. The van der Waals surface area contributed by atoms with E-state index in [2.05, 4.69) is 9.88 Å². The second-order valence-electron chi connectivity index (χ2n) is 6.32. The zero-order valence-corrected chi connectivity index (χ0v) is 14.2. The number of imide groups is 1. The first-order valence-electron chi connectivity index (χ1n) is 8.53. The Bertz CT molecular complexity index is 825. The van der Waals surface area contributed by atoms with E-state index in [9.17, 15) is 14.4 Å². The predicted molar refractivity (Wildman–Crippen MR) is 94.8 cm³/mol. The van der Waals surface area contributed by atoms with Gasteiger partial charge in [0.15, 0.2) is 0 Å². The van der Waals surface area contributed by atoms with E-state index in [-0.39, 0.29) is 12.5 Å². The standard InChI is InChI=1S/C19H18N4O3/c24-17(13-23-18(25)15-3-1-2-4-16(15)19(23)26)22-11-9-21(10-12-22)14-5-7-20-8-6-14/h1-8H,9-13H2. The van der Waals surface area contributed by atoms with Crippen LogP contribution in [0.1, 0.15) is 20.7 Å². The molecule has 1 aromatic heterocycles. The topological polar surface area (TPSA) is 73.8 Å². The number of rotatable bonds is 3. The van der Waals surface area contributed by atoms with Gasteiger partial charge in [-0.1, -0.05) is 12.1 Å². The summed E-state index contributed by atoms with van der Waals surface area (Å²) in [5.74, 6) is -0.988. The molecule has 0 N–H and O–H groups in total. The number of fused-ring (bicyclic) bond motifs is 1. The van der Waals surface area contributed by atoms with Crippen LogP contribution in [-0.4, -0.2) is 65.2 Å². The van der Waals surface area contributed by atoms with E-state index in [4.69, 9.17) is 0 Å². The second kappa shape index (κ2) is 6.59. The normalized spacial score (nSPS) is 16.8. The van der Waals surface area contributed by atoms with Crippen molar-refractivity contribution >= 4 is 23.4 Å². The Labute approximate surface area is 150 Å². The van der Waals surface area contributed by atoms with Crippen molar-refractivity contribution in [1.82, 2.24) is 14.8 Å². The highest BCUT2D eigenvalue weighted by Crippen LogP contribution is 2.22. The molecule has 1 saturated heterocycles. The number of anilines is 1. The fourth-order valence-corrected chi connectivity index (χ4v) is 3.39. The first-order chi connectivity index (χ1) is 12.6. The van der Waals surface area contributed by atoms with Crippen molar-refractivity contribution in [3.05, 3.63) is 59.9 Å². The van der Waals surface area contributed by atoms with E-state index < -0.39 is 11.8 Å². The summed E-state index contributed by atoms with van der Waals surface area (Å²) in [5, 5.41) is 0. The third kappa shape index (κ3) is 2.81. The molecule has 3 heterocycles. The SMILES string of the molecule is O=C(CN1C(=O)c2ccccc2C1=O)N1CCN(c2ccncc2)CC1. The summed E-state index contributed by atoms with van der Waals surface area (Å²) in [6, 6.07) is 10.6. The average Bonchev–Trinajstić information content (AvgIpc) is 2.94. The number of piperazine rings is 1. The second-order valence-corrected chi connectivity index (χ2v) is 6.32. The van der Waals surface area contributed by atoms with Gasteiger partial charge in [-0.05, 0) is 24.3 Å². The van der Waals surface area contributed by atoms with E-state index in [0.717, 1.165) is 10.6 Å². The Morgan fingerprint density at radius 3 is 2.04 bits per heavy atom. The van der Waals surface area contributed by atoms with Crippen molar-refractivity contribution < 1.29 is 14.4 Å². The molecule has 0 bridgehead atoms. The lowest BCUT2D eigenvalue weighted by atomic mass is 10.1. The van der Waals surface area contributed by atoms with Crippen LogP contribution in [-0.2, 0) is 4.79 Å². The molecule has 1 fully saturated rings. The highest BCUT2D eigenvalue weighted by atomic mass is 16.2. The Morgan fingerprint density at radius 2 is 1.46 bits per heavy atom. The van der Waals surface area contributed by atoms with Gasteiger partial charge in [-0.15, -0.1) is 0 Å². The number of carbonyl (C=O) groups is 3. The molecule has 0 atom stereocenters. The number of pyridine rings is 1. The minimum atomic E-state index is -0.394. The van der Waals surface area contributed by atoms with Crippen LogP contribution in [0.3, 0.4) is 0 Å². The van der Waals surface area contributed by atoms with Crippen LogP contribution in [0.4, 0.5) is 5.69 Å². The van der Waals surface area contributed by atoms with Crippen LogP contribution in [0.2, 0.25) is 0 Å². The van der Waals surface area contributed by atoms with Gasteiger partial charge >= 0.3 is 0 Å². The van der Waals surface area contributed by atoms with Gasteiger partial charge in [0.05, 0.1) is 11.1 Å². The molecule has 2 aliphatic heterocycles. The van der Waals surface area contributed by atoms with Crippen LogP contribution >= 0.6 is 0 Å². The Hall–Kier alpha value is -3.22. The third-order valence-electron chi connectivity index (χ3n) is 4.83. The van der Waals surface area contributed by atoms with Gasteiger partial charge in [0.1, 0.15) is 6.54 Å². The molecule has 2 aromatic rings. The summed E-state index contributed by atoms with van der Waals surface area (Å²) in [5.41, 5.74) is 1.81. The minimum Gasteiger partial charge on any atom is -0.368 e. The Balaban J connectivity index is 1.38. The number of carbonyl (C=O) groups excluding carboxylic acids is 3. The van der Waals surface area contributed by atoms with Crippen molar-refractivity contribution in [2.45, 2.75) is 0 Å². The third-order valence-corrected chi connectivity index (χ3v) is 4.83. The van der Waals surface area contributed by atoms with Gasteiger partial charge in [0.2, 0.25) is 5.91 Å². The van der Waals surface area contributed by atoms with Crippen LogP contribution in [0.25, 0.3) is 0 Å². The Kier molecular flexibility index (Phi) is 4.12. The van der Waals surface area contributed by atoms with E-state index >= 15 is 0 Å².